The predicted molar refractivity (Wildman–Crippen MR) is 278 cm³/mol. The number of rotatable bonds is 60. The Morgan fingerprint density at radius 1 is 0.175 bits per heavy atom. The van der Waals surface area contributed by atoms with Crippen LogP contribution in [0.5, 0.6) is 0 Å². The summed E-state index contributed by atoms with van der Waals surface area (Å²) in [5, 5.41) is 8.63. The molecule has 0 rings (SSSR count). The van der Waals surface area contributed by atoms with Gasteiger partial charge in [0.25, 0.3) is 0 Å². The molecule has 5 heteroatoms. The first-order valence-electron chi connectivity index (χ1n) is 29.3. The zero-order chi connectivity index (χ0) is 45.1. The number of ether oxygens (including phenoxy) is 4. The van der Waals surface area contributed by atoms with E-state index in [1.807, 2.05) is 0 Å². The van der Waals surface area contributed by atoms with Crippen molar-refractivity contribution in [1.82, 2.24) is 0 Å². The fourth-order valence-electron chi connectivity index (χ4n) is 9.24. The zero-order valence-electron chi connectivity index (χ0n) is 43.4. The molecule has 0 aliphatic heterocycles. The average Bonchev–Trinajstić information content (AvgIpc) is 3.29. The van der Waals surface area contributed by atoms with E-state index in [1.165, 1.54) is 302 Å². The highest BCUT2D eigenvalue weighted by atomic mass is 16.6. The Bertz CT molecular complexity index is 689. The van der Waals surface area contributed by atoms with Gasteiger partial charge in [-0.1, -0.05) is 309 Å². The molecule has 0 amide bonds. The fraction of sp³-hybridized carbons (Fsp3) is 1.00. The van der Waals surface area contributed by atoms with Crippen molar-refractivity contribution < 1.29 is 24.1 Å². The van der Waals surface area contributed by atoms with Gasteiger partial charge in [-0.15, -0.1) is 0 Å². The molecule has 0 aliphatic rings. The number of unbranched alkanes of at least 4 members (excludes halogenated alkanes) is 47. The molecule has 0 bridgehead atoms. The molecule has 0 radical (unpaired) electrons. The third-order valence-corrected chi connectivity index (χ3v) is 13.5. The van der Waals surface area contributed by atoms with Gasteiger partial charge in [0.1, 0.15) is 0 Å². The van der Waals surface area contributed by atoms with Crippen LogP contribution in [0.1, 0.15) is 315 Å². The second-order valence-electron chi connectivity index (χ2n) is 19.8. The maximum atomic E-state index is 8.63. The summed E-state index contributed by atoms with van der Waals surface area (Å²) in [6.07, 6.45) is 70.0. The van der Waals surface area contributed by atoms with Crippen molar-refractivity contribution in [2.24, 2.45) is 0 Å². The van der Waals surface area contributed by atoms with Crippen LogP contribution < -0.4 is 0 Å². The summed E-state index contributed by atoms with van der Waals surface area (Å²) in [5.41, 5.74) is 0. The molecule has 0 heterocycles. The van der Waals surface area contributed by atoms with Crippen molar-refractivity contribution in [3.8, 4) is 0 Å². The van der Waals surface area contributed by atoms with Crippen molar-refractivity contribution >= 4 is 0 Å². The minimum Gasteiger partial charge on any atom is -0.394 e. The number of aliphatic hydroxyl groups is 1. The number of aliphatic hydroxyl groups excluding tert-OH is 1. The highest BCUT2D eigenvalue weighted by molar-refractivity contribution is 4.55. The predicted octanol–water partition coefficient (Wildman–Crippen LogP) is 18.8. The van der Waals surface area contributed by atoms with Crippen LogP contribution in [0.4, 0.5) is 0 Å². The van der Waals surface area contributed by atoms with E-state index in [2.05, 4.69) is 6.92 Å². The lowest BCUT2D eigenvalue weighted by Gasteiger charge is -2.07. The molecule has 380 valence electrons. The standard InChI is InChI=1S/C58H118O5/c1-2-3-4-5-6-7-8-9-10-11-12-13-14-15-16-17-18-19-20-21-22-23-24-25-26-27-28-29-30-31-32-33-34-35-36-37-38-39-40-41-42-43-44-45-46-47-48-49-51-60-53-55-62-57-58-63-56-54-61-52-50-59/h59H,2-58H2,1H3. The molecule has 0 aromatic carbocycles. The monoisotopic (exact) mass is 895 g/mol. The number of hydrogen-bond acceptors (Lipinski definition) is 5. The lowest BCUT2D eigenvalue weighted by atomic mass is 10.0. The Labute approximate surface area is 397 Å². The Hall–Kier alpha value is -0.200. The van der Waals surface area contributed by atoms with Crippen molar-refractivity contribution in [2.45, 2.75) is 315 Å². The lowest BCUT2D eigenvalue weighted by molar-refractivity contribution is -0.00577. The first-order valence-corrected chi connectivity index (χ1v) is 29.3. The van der Waals surface area contributed by atoms with Gasteiger partial charge in [0.2, 0.25) is 0 Å². The lowest BCUT2D eigenvalue weighted by Crippen LogP contribution is -2.12. The van der Waals surface area contributed by atoms with Crippen LogP contribution in [0.2, 0.25) is 0 Å². The van der Waals surface area contributed by atoms with Gasteiger partial charge in [0.15, 0.2) is 0 Å². The summed E-state index contributed by atoms with van der Waals surface area (Å²) in [7, 11) is 0. The van der Waals surface area contributed by atoms with Gasteiger partial charge in [0, 0.05) is 6.61 Å². The fourth-order valence-corrected chi connectivity index (χ4v) is 9.24. The second-order valence-corrected chi connectivity index (χ2v) is 19.8. The summed E-state index contributed by atoms with van der Waals surface area (Å²) in [4.78, 5) is 0. The van der Waals surface area contributed by atoms with Crippen LogP contribution >= 0.6 is 0 Å². The Balaban J connectivity index is 3.06. The van der Waals surface area contributed by atoms with Gasteiger partial charge in [-0.25, -0.2) is 0 Å². The van der Waals surface area contributed by atoms with Gasteiger partial charge < -0.3 is 24.1 Å². The topological polar surface area (TPSA) is 57.2 Å². The quantitative estimate of drug-likeness (QED) is 0.0617. The van der Waals surface area contributed by atoms with Gasteiger partial charge in [-0.05, 0) is 6.42 Å². The molecular formula is C58H118O5. The van der Waals surface area contributed by atoms with E-state index in [0.717, 1.165) is 13.0 Å². The molecule has 0 atom stereocenters. The highest BCUT2D eigenvalue weighted by Crippen LogP contribution is 2.18. The molecule has 0 aliphatic carbocycles. The van der Waals surface area contributed by atoms with Gasteiger partial charge in [0.05, 0.1) is 52.9 Å². The van der Waals surface area contributed by atoms with Gasteiger partial charge in [-0.3, -0.25) is 0 Å². The molecule has 0 aromatic rings. The maximum absolute atomic E-state index is 8.63. The van der Waals surface area contributed by atoms with Crippen molar-refractivity contribution in [3.63, 3.8) is 0 Å². The summed E-state index contributed by atoms with van der Waals surface area (Å²) >= 11 is 0. The molecular weight excluding hydrogens is 777 g/mol. The van der Waals surface area contributed by atoms with Crippen LogP contribution in [-0.2, 0) is 18.9 Å². The van der Waals surface area contributed by atoms with Crippen LogP contribution in [0.25, 0.3) is 0 Å². The molecule has 0 unspecified atom stereocenters. The van der Waals surface area contributed by atoms with Crippen LogP contribution in [0.3, 0.4) is 0 Å². The largest absolute Gasteiger partial charge is 0.394 e. The molecule has 0 aromatic heterocycles. The molecule has 1 N–H and O–H groups in total. The first kappa shape index (κ1) is 62.8. The number of hydrogen-bond donors (Lipinski definition) is 1. The summed E-state index contributed by atoms with van der Waals surface area (Å²) in [6.45, 7) is 7.10. The van der Waals surface area contributed by atoms with Gasteiger partial charge >= 0.3 is 0 Å². The molecule has 0 saturated carbocycles. The smallest absolute Gasteiger partial charge is 0.0701 e. The van der Waals surface area contributed by atoms with Crippen molar-refractivity contribution in [2.75, 3.05) is 59.5 Å². The van der Waals surface area contributed by atoms with E-state index in [9.17, 15) is 0 Å². The molecule has 63 heavy (non-hydrogen) atoms. The summed E-state index contributed by atoms with van der Waals surface area (Å²) < 4.78 is 21.7. The third kappa shape index (κ3) is 61.8. The van der Waals surface area contributed by atoms with E-state index in [1.54, 1.807) is 0 Å². The zero-order valence-corrected chi connectivity index (χ0v) is 43.4. The Kier molecular flexibility index (Phi) is 61.6. The Morgan fingerprint density at radius 2 is 0.317 bits per heavy atom. The SMILES string of the molecule is CCCCCCCCCCCCCCCCCCCCCCCCCCCCCCCCCCCCCCCCCCCCCCCCCCOCCOCCOCCOCCO. The maximum Gasteiger partial charge on any atom is 0.0701 e. The molecule has 0 saturated heterocycles. The average molecular weight is 896 g/mol. The summed E-state index contributed by atoms with van der Waals surface area (Å²) in [5.74, 6) is 0. The third-order valence-electron chi connectivity index (χ3n) is 13.5. The molecule has 5 nitrogen and oxygen atoms in total. The van der Waals surface area contributed by atoms with Crippen LogP contribution in [0.15, 0.2) is 0 Å². The van der Waals surface area contributed by atoms with Crippen molar-refractivity contribution in [3.05, 3.63) is 0 Å². The second kappa shape index (κ2) is 61.8. The van der Waals surface area contributed by atoms with E-state index >= 15 is 0 Å². The van der Waals surface area contributed by atoms with E-state index in [4.69, 9.17) is 24.1 Å². The summed E-state index contributed by atoms with van der Waals surface area (Å²) in [6, 6.07) is 0. The van der Waals surface area contributed by atoms with Gasteiger partial charge in [-0.2, -0.15) is 0 Å². The molecule has 0 fully saturated rings. The Morgan fingerprint density at radius 3 is 0.492 bits per heavy atom. The normalized spacial score (nSPS) is 11.7. The van der Waals surface area contributed by atoms with E-state index in [0.29, 0.717) is 46.2 Å². The first-order chi connectivity index (χ1) is 31.4. The van der Waals surface area contributed by atoms with E-state index < -0.39 is 0 Å². The minimum absolute atomic E-state index is 0.0585. The van der Waals surface area contributed by atoms with Crippen molar-refractivity contribution in [1.29, 1.82) is 0 Å². The van der Waals surface area contributed by atoms with Crippen LogP contribution in [-0.4, -0.2) is 64.6 Å². The van der Waals surface area contributed by atoms with E-state index in [-0.39, 0.29) is 6.61 Å². The van der Waals surface area contributed by atoms with Crippen LogP contribution in [0, 0.1) is 0 Å². The minimum atomic E-state index is 0.0585. The molecule has 0 spiro atoms. The highest BCUT2D eigenvalue weighted by Gasteiger charge is 2.00.